The Balaban J connectivity index is 0.000000230. The van der Waals surface area contributed by atoms with Crippen molar-refractivity contribution in [2.75, 3.05) is 0 Å². The Morgan fingerprint density at radius 2 is 1.00 bits per heavy atom. The van der Waals surface area contributed by atoms with Gasteiger partial charge in [-0.05, 0) is 62.5 Å². The molecule has 4 rings (SSSR count). The summed E-state index contributed by atoms with van der Waals surface area (Å²) in [6.07, 6.45) is 0. The lowest BCUT2D eigenvalue weighted by atomic mass is 10.3. The summed E-state index contributed by atoms with van der Waals surface area (Å²) >= 11 is 9.42. The molecule has 0 aliphatic heterocycles. The quantitative estimate of drug-likeness (QED) is 0.106. The summed E-state index contributed by atoms with van der Waals surface area (Å²) in [6, 6.07) is 10.9. The highest BCUT2D eigenvalue weighted by Gasteiger charge is 2.13. The van der Waals surface area contributed by atoms with Gasteiger partial charge in [0.1, 0.15) is 0 Å². The van der Waals surface area contributed by atoms with Gasteiger partial charge in [-0.3, -0.25) is 40.0 Å². The predicted molar refractivity (Wildman–Crippen MR) is 158 cm³/mol. The van der Waals surface area contributed by atoms with Gasteiger partial charge in [-0.1, -0.05) is 0 Å². The number of nitro benzene ring substituents is 2. The molecule has 42 heavy (non-hydrogen) atoms. The number of H-pyrrole nitrogens is 2. The van der Waals surface area contributed by atoms with Crippen molar-refractivity contribution in [3.05, 3.63) is 101 Å². The topological polar surface area (TPSA) is 263 Å². The fourth-order valence-electron chi connectivity index (χ4n) is 3.12. The molecule has 0 radical (unpaired) electrons. The highest BCUT2D eigenvalue weighted by atomic mass is 32.1. The van der Waals surface area contributed by atoms with Crippen molar-refractivity contribution >= 4 is 68.8 Å². The van der Waals surface area contributed by atoms with Crippen LogP contribution in [-0.4, -0.2) is 39.6 Å². The Kier molecular flexibility index (Phi) is 9.57. The minimum absolute atomic E-state index is 0.0531. The Labute approximate surface area is 244 Å². The van der Waals surface area contributed by atoms with Gasteiger partial charge >= 0.3 is 11.1 Å². The van der Waals surface area contributed by atoms with Crippen LogP contribution < -0.4 is 22.6 Å². The van der Waals surface area contributed by atoms with E-state index in [1.165, 1.54) is 48.5 Å². The Morgan fingerprint density at radius 3 is 1.24 bits per heavy atom. The van der Waals surface area contributed by atoms with Crippen molar-refractivity contribution in [2.45, 2.75) is 13.8 Å². The van der Waals surface area contributed by atoms with Gasteiger partial charge in [-0.25, -0.2) is 0 Å². The summed E-state index contributed by atoms with van der Waals surface area (Å²) in [7, 11) is 0. The van der Waals surface area contributed by atoms with Crippen LogP contribution in [0.2, 0.25) is 0 Å². The average molecular weight is 613 g/mol. The van der Waals surface area contributed by atoms with E-state index < -0.39 is 21.0 Å². The maximum Gasteiger partial charge on any atom is 0.301 e. The average Bonchev–Trinajstić information content (AvgIpc) is 3.40. The number of benzene rings is 2. The van der Waals surface area contributed by atoms with Gasteiger partial charge in [0.15, 0.2) is 21.6 Å². The van der Waals surface area contributed by atoms with Crippen molar-refractivity contribution in [3.63, 3.8) is 0 Å². The second kappa shape index (κ2) is 13.1. The van der Waals surface area contributed by atoms with Crippen LogP contribution in [0.15, 0.2) is 78.6 Å². The third kappa shape index (κ3) is 7.25. The van der Waals surface area contributed by atoms with Crippen LogP contribution in [0, 0.1) is 34.1 Å². The van der Waals surface area contributed by atoms with Crippen LogP contribution in [-0.2, 0) is 0 Å². The van der Waals surface area contributed by atoms with Crippen LogP contribution in [0.5, 0.6) is 0 Å². The van der Waals surface area contributed by atoms with Gasteiger partial charge in [0, 0.05) is 24.3 Å². The highest BCUT2D eigenvalue weighted by Crippen LogP contribution is 2.22. The molecule has 0 bridgehead atoms. The largest absolute Gasteiger partial charge is 0.374 e. The van der Waals surface area contributed by atoms with E-state index in [9.17, 15) is 29.8 Å². The first-order valence-electron chi connectivity index (χ1n) is 11.4. The number of nitrogens with one attached hydrogen (secondary N) is 2. The number of thiocarbonyl (C=S) groups is 2. The zero-order chi connectivity index (χ0) is 31.1. The van der Waals surface area contributed by atoms with E-state index in [-0.39, 0.29) is 33.0 Å². The smallest absolute Gasteiger partial charge is 0.301 e. The molecule has 4 aromatic rings. The number of hydrogen-bond donors (Lipinski definition) is 4. The van der Waals surface area contributed by atoms with Crippen LogP contribution in [0.1, 0.15) is 11.4 Å². The van der Waals surface area contributed by atoms with Crippen molar-refractivity contribution in [2.24, 2.45) is 31.9 Å². The minimum atomic E-state index is -0.516. The Hall–Kier alpha value is -5.76. The summed E-state index contributed by atoms with van der Waals surface area (Å²) in [4.78, 5) is 43.9. The summed E-state index contributed by atoms with van der Waals surface area (Å²) < 4.78 is 1.96. The number of aromatic amines is 2. The number of rotatable bonds is 6. The van der Waals surface area contributed by atoms with E-state index in [0.717, 1.165) is 9.36 Å². The van der Waals surface area contributed by atoms with Crippen molar-refractivity contribution in [1.29, 1.82) is 0 Å². The van der Waals surface area contributed by atoms with Gasteiger partial charge in [0.05, 0.1) is 32.6 Å². The molecule has 0 aliphatic rings. The number of nitro groups is 2. The molecule has 0 fully saturated rings. The molecule has 0 saturated carbocycles. The first-order valence-corrected chi connectivity index (χ1v) is 12.2. The molecule has 0 atom stereocenters. The maximum atomic E-state index is 11.9. The van der Waals surface area contributed by atoms with E-state index >= 15 is 0 Å². The fourth-order valence-corrected chi connectivity index (χ4v) is 3.38. The van der Waals surface area contributed by atoms with E-state index in [0.29, 0.717) is 22.8 Å². The molecule has 0 spiro atoms. The molecular weight excluding hydrogens is 592 g/mol. The number of aryl methyl sites for hydroxylation is 2. The number of nitrogens with zero attached hydrogens (tertiary/aromatic N) is 8. The Bertz CT molecular complexity index is 1710. The second-order valence-corrected chi connectivity index (χ2v) is 8.91. The predicted octanol–water partition coefficient (Wildman–Crippen LogP) is 3.80. The summed E-state index contributed by atoms with van der Waals surface area (Å²) in [5.74, 6) is 0. The molecule has 20 heteroatoms. The molecule has 0 aliphatic carbocycles. The standard InChI is InChI=1S/2C11H10N6O3S/c2*1-6-9(10(18)16(15-6)11(12)21)14-13-7-2-4-8(5-3-7)17(19)20/h2*2-5,15H,1H3,(H2,12,21). The molecule has 2 aromatic carbocycles. The Morgan fingerprint density at radius 1 is 0.690 bits per heavy atom. The normalized spacial score (nSPS) is 10.9. The molecule has 6 N–H and O–H groups in total. The summed E-state index contributed by atoms with van der Waals surface area (Å²) in [5, 5.41) is 41.5. The van der Waals surface area contributed by atoms with Gasteiger partial charge in [-0.15, -0.1) is 10.2 Å². The van der Waals surface area contributed by atoms with Gasteiger partial charge in [0.2, 0.25) is 0 Å². The number of non-ortho nitro benzene ring substituents is 2. The van der Waals surface area contributed by atoms with Crippen molar-refractivity contribution in [3.8, 4) is 0 Å². The maximum absolute atomic E-state index is 11.9. The zero-order valence-electron chi connectivity index (χ0n) is 21.6. The summed E-state index contributed by atoms with van der Waals surface area (Å²) in [6.45, 7) is 3.25. The lowest BCUT2D eigenvalue weighted by Gasteiger charge is -1.93. The summed E-state index contributed by atoms with van der Waals surface area (Å²) in [5.41, 5.74) is 11.4. The monoisotopic (exact) mass is 612 g/mol. The zero-order valence-corrected chi connectivity index (χ0v) is 23.3. The molecule has 0 amide bonds. The third-order valence-electron chi connectivity index (χ3n) is 5.17. The first kappa shape index (κ1) is 30.8. The van der Waals surface area contributed by atoms with Crippen LogP contribution >= 0.6 is 24.4 Å². The van der Waals surface area contributed by atoms with E-state index in [4.69, 9.17) is 35.9 Å². The number of hydrogen-bond acceptors (Lipinski definition) is 12. The van der Waals surface area contributed by atoms with Crippen LogP contribution in [0.25, 0.3) is 0 Å². The molecule has 216 valence electrons. The van der Waals surface area contributed by atoms with Crippen LogP contribution in [0.3, 0.4) is 0 Å². The fraction of sp³-hybridized carbons (Fsp3) is 0.0909. The van der Waals surface area contributed by atoms with E-state index in [1.54, 1.807) is 13.8 Å². The molecule has 0 unspecified atom stereocenters. The number of nitrogens with two attached hydrogens (primary N) is 2. The lowest BCUT2D eigenvalue weighted by molar-refractivity contribution is -0.385. The van der Waals surface area contributed by atoms with E-state index in [2.05, 4.69) is 30.7 Å². The van der Waals surface area contributed by atoms with Crippen molar-refractivity contribution in [1.82, 2.24) is 19.6 Å². The van der Waals surface area contributed by atoms with Crippen molar-refractivity contribution < 1.29 is 9.85 Å². The van der Waals surface area contributed by atoms with E-state index in [1.807, 2.05) is 0 Å². The molecule has 2 aromatic heterocycles. The van der Waals surface area contributed by atoms with Gasteiger partial charge < -0.3 is 11.5 Å². The molecule has 0 saturated heterocycles. The first-order chi connectivity index (χ1) is 19.8. The second-order valence-electron chi connectivity index (χ2n) is 8.08. The molecular formula is C22H20N12O6S2. The molecule has 2 heterocycles. The highest BCUT2D eigenvalue weighted by molar-refractivity contribution is 7.80. The minimum Gasteiger partial charge on any atom is -0.374 e. The van der Waals surface area contributed by atoms with Gasteiger partial charge in [0.25, 0.3) is 11.4 Å². The SMILES string of the molecule is Cc1[nH]n(C(N)=S)c(=O)c1N=Nc1ccc([N+](=O)[O-])cc1.Cc1[nH]n(C(N)=S)c(=O)c1N=Nc1ccc([N+](=O)[O-])cc1. The lowest BCUT2D eigenvalue weighted by Crippen LogP contribution is -2.29. The number of aromatic nitrogens is 4. The van der Waals surface area contributed by atoms with Gasteiger partial charge in [-0.2, -0.15) is 19.6 Å². The van der Waals surface area contributed by atoms with Crippen LogP contribution in [0.4, 0.5) is 34.1 Å². The number of azo groups is 2. The molecule has 18 nitrogen and oxygen atoms in total. The third-order valence-corrected chi connectivity index (χ3v) is 5.54.